The molecule has 0 aromatic heterocycles. The molecule has 2 aliphatic rings. The Morgan fingerprint density at radius 3 is 2.79 bits per heavy atom. The van der Waals surface area contributed by atoms with Crippen molar-refractivity contribution in [3.05, 3.63) is 53.6 Å². The Morgan fingerprint density at radius 1 is 1.21 bits per heavy atom. The summed E-state index contributed by atoms with van der Waals surface area (Å²) in [6, 6.07) is 12.8. The van der Waals surface area contributed by atoms with E-state index >= 15 is 0 Å². The lowest BCUT2D eigenvalue weighted by molar-refractivity contribution is -0.157. The van der Waals surface area contributed by atoms with Gasteiger partial charge in [-0.25, -0.2) is 0 Å². The van der Waals surface area contributed by atoms with Crippen LogP contribution in [0.2, 0.25) is 0 Å². The number of benzene rings is 2. The molecule has 122 valence electrons. The number of hydrogen-bond acceptors (Lipinski definition) is 4. The molecule has 2 aromatic carbocycles. The summed E-state index contributed by atoms with van der Waals surface area (Å²) in [5.74, 6) is -0.252. The smallest absolute Gasteiger partial charge is 0.321 e. The highest BCUT2D eigenvalue weighted by Crippen LogP contribution is 2.53. The van der Waals surface area contributed by atoms with Gasteiger partial charge in [0.2, 0.25) is 5.91 Å². The molecule has 1 fully saturated rings. The fourth-order valence-corrected chi connectivity index (χ4v) is 3.37. The summed E-state index contributed by atoms with van der Waals surface area (Å²) in [5.41, 5.74) is 2.56. The summed E-state index contributed by atoms with van der Waals surface area (Å²) in [4.78, 5) is 26.6. The van der Waals surface area contributed by atoms with Crippen LogP contribution in [0.5, 0.6) is 11.5 Å². The standard InChI is InChI=1S/C19H17NO4/c1-3-23-19(22)16-17-12-9-8-11(2)10-15(12)24-14-7-5-4-6-13(14)20(17)18(16)21/h4-10,16-17H,3H2,1-2H3/t16-,17-/m1/s1. The average Bonchev–Trinajstić information content (AvgIpc) is 2.66. The Hall–Kier alpha value is -2.82. The van der Waals surface area contributed by atoms with Crippen molar-refractivity contribution in [1.29, 1.82) is 0 Å². The summed E-state index contributed by atoms with van der Waals surface area (Å²) in [6.07, 6.45) is 0. The summed E-state index contributed by atoms with van der Waals surface area (Å²) in [6.45, 7) is 3.97. The maximum Gasteiger partial charge on any atom is 0.321 e. The second kappa shape index (κ2) is 5.37. The molecule has 2 aromatic rings. The zero-order valence-electron chi connectivity index (χ0n) is 13.5. The lowest BCUT2D eigenvalue weighted by Gasteiger charge is -2.44. The van der Waals surface area contributed by atoms with Gasteiger partial charge in [0.25, 0.3) is 0 Å². The Bertz CT molecular complexity index is 845. The molecule has 4 rings (SSSR count). The second-order valence-corrected chi connectivity index (χ2v) is 5.99. The molecule has 1 amide bonds. The van der Waals surface area contributed by atoms with E-state index < -0.39 is 17.9 Å². The van der Waals surface area contributed by atoms with Crippen molar-refractivity contribution < 1.29 is 19.1 Å². The molecule has 0 bridgehead atoms. The van der Waals surface area contributed by atoms with Crippen molar-refractivity contribution in [1.82, 2.24) is 0 Å². The Morgan fingerprint density at radius 2 is 2.00 bits per heavy atom. The lowest BCUT2D eigenvalue weighted by atomic mass is 9.81. The van der Waals surface area contributed by atoms with Gasteiger partial charge in [0, 0.05) is 5.56 Å². The predicted octanol–water partition coefficient (Wildman–Crippen LogP) is 3.37. The van der Waals surface area contributed by atoms with E-state index in [-0.39, 0.29) is 12.5 Å². The highest BCUT2D eigenvalue weighted by Gasteiger charge is 2.56. The van der Waals surface area contributed by atoms with E-state index in [0.29, 0.717) is 17.2 Å². The van der Waals surface area contributed by atoms with Gasteiger partial charge >= 0.3 is 5.97 Å². The second-order valence-electron chi connectivity index (χ2n) is 5.99. The molecule has 5 nitrogen and oxygen atoms in total. The van der Waals surface area contributed by atoms with Gasteiger partial charge in [-0.1, -0.05) is 24.3 Å². The fraction of sp³-hybridized carbons (Fsp3) is 0.263. The number of aryl methyl sites for hydroxylation is 1. The maximum atomic E-state index is 12.7. The molecule has 0 spiro atoms. The van der Waals surface area contributed by atoms with Crippen molar-refractivity contribution in [2.75, 3.05) is 11.5 Å². The van der Waals surface area contributed by atoms with Crippen molar-refractivity contribution in [2.45, 2.75) is 19.9 Å². The number of β-lactam (4-membered cyclic amide) rings is 1. The first-order valence-electron chi connectivity index (χ1n) is 7.99. The zero-order chi connectivity index (χ0) is 16.8. The molecular formula is C19H17NO4. The molecule has 0 aliphatic carbocycles. The van der Waals surface area contributed by atoms with Crippen LogP contribution in [-0.2, 0) is 14.3 Å². The monoisotopic (exact) mass is 323 g/mol. The summed E-state index contributed by atoms with van der Waals surface area (Å²) >= 11 is 0. The average molecular weight is 323 g/mol. The van der Waals surface area contributed by atoms with Crippen LogP contribution in [0.4, 0.5) is 5.69 Å². The number of fused-ring (bicyclic) bond motifs is 5. The van der Waals surface area contributed by atoms with Crippen LogP contribution < -0.4 is 9.64 Å². The van der Waals surface area contributed by atoms with Gasteiger partial charge in [-0.15, -0.1) is 0 Å². The molecule has 0 saturated carbocycles. The van der Waals surface area contributed by atoms with Crippen molar-refractivity contribution in [3.8, 4) is 11.5 Å². The van der Waals surface area contributed by atoms with E-state index in [0.717, 1.165) is 11.1 Å². The van der Waals surface area contributed by atoms with Crippen LogP contribution in [0.3, 0.4) is 0 Å². The van der Waals surface area contributed by atoms with E-state index in [4.69, 9.17) is 9.47 Å². The number of carbonyl (C=O) groups is 2. The Kier molecular flexibility index (Phi) is 3.30. The highest BCUT2D eigenvalue weighted by atomic mass is 16.5. The molecule has 2 heterocycles. The highest BCUT2D eigenvalue weighted by molar-refractivity contribution is 6.15. The number of rotatable bonds is 2. The molecule has 5 heteroatoms. The number of hydrogen-bond donors (Lipinski definition) is 0. The van der Waals surface area contributed by atoms with Gasteiger partial charge in [0.05, 0.1) is 18.3 Å². The van der Waals surface area contributed by atoms with E-state index in [1.807, 2.05) is 49.4 Å². The van der Waals surface area contributed by atoms with Crippen molar-refractivity contribution >= 4 is 17.6 Å². The molecule has 0 unspecified atom stereocenters. The molecule has 1 saturated heterocycles. The number of anilines is 1. The van der Waals surface area contributed by atoms with Gasteiger partial charge in [0.1, 0.15) is 5.75 Å². The first kappa shape index (κ1) is 14.8. The lowest BCUT2D eigenvalue weighted by Crippen LogP contribution is -2.58. The largest absolute Gasteiger partial charge is 0.465 e. The quantitative estimate of drug-likeness (QED) is 0.483. The van der Waals surface area contributed by atoms with Gasteiger partial charge in [0.15, 0.2) is 11.7 Å². The van der Waals surface area contributed by atoms with Gasteiger partial charge in [-0.2, -0.15) is 0 Å². The van der Waals surface area contributed by atoms with Crippen molar-refractivity contribution in [2.24, 2.45) is 5.92 Å². The van der Waals surface area contributed by atoms with Crippen LogP contribution >= 0.6 is 0 Å². The number of carbonyl (C=O) groups excluding carboxylic acids is 2. The maximum absolute atomic E-state index is 12.7. The summed E-state index contributed by atoms with van der Waals surface area (Å²) in [5, 5.41) is 0. The van der Waals surface area contributed by atoms with E-state index in [1.165, 1.54) is 0 Å². The summed E-state index contributed by atoms with van der Waals surface area (Å²) in [7, 11) is 0. The summed E-state index contributed by atoms with van der Waals surface area (Å²) < 4.78 is 11.2. The van der Waals surface area contributed by atoms with Crippen LogP contribution in [0.1, 0.15) is 24.1 Å². The van der Waals surface area contributed by atoms with Crippen LogP contribution in [0.15, 0.2) is 42.5 Å². The Balaban J connectivity index is 1.87. The third kappa shape index (κ3) is 2.01. The van der Waals surface area contributed by atoms with Crippen LogP contribution in [0, 0.1) is 12.8 Å². The number of nitrogens with zero attached hydrogens (tertiary/aromatic N) is 1. The molecule has 24 heavy (non-hydrogen) atoms. The third-order valence-corrected chi connectivity index (χ3v) is 4.47. The molecule has 0 radical (unpaired) electrons. The topological polar surface area (TPSA) is 55.8 Å². The molecule has 2 aliphatic heterocycles. The minimum absolute atomic E-state index is 0.247. The number of amides is 1. The van der Waals surface area contributed by atoms with Gasteiger partial charge in [-0.3, -0.25) is 14.5 Å². The Labute approximate surface area is 139 Å². The van der Waals surface area contributed by atoms with Gasteiger partial charge in [-0.05, 0) is 37.6 Å². The van der Waals surface area contributed by atoms with E-state index in [1.54, 1.807) is 11.8 Å². The van der Waals surface area contributed by atoms with Crippen LogP contribution in [0.25, 0.3) is 0 Å². The van der Waals surface area contributed by atoms with Gasteiger partial charge < -0.3 is 9.47 Å². The molecule has 2 atom stereocenters. The van der Waals surface area contributed by atoms with E-state index in [2.05, 4.69) is 0 Å². The minimum atomic E-state index is -0.818. The number of ether oxygens (including phenoxy) is 2. The fourth-order valence-electron chi connectivity index (χ4n) is 3.37. The number of para-hydroxylation sites is 2. The zero-order valence-corrected chi connectivity index (χ0v) is 13.5. The van der Waals surface area contributed by atoms with Crippen LogP contribution in [-0.4, -0.2) is 18.5 Å². The first-order valence-corrected chi connectivity index (χ1v) is 7.99. The normalized spacial score (nSPS) is 20.8. The minimum Gasteiger partial charge on any atom is -0.465 e. The number of esters is 1. The first-order chi connectivity index (χ1) is 11.6. The predicted molar refractivity (Wildman–Crippen MR) is 88.0 cm³/mol. The molecule has 0 N–H and O–H groups in total. The third-order valence-electron chi connectivity index (χ3n) is 4.47. The van der Waals surface area contributed by atoms with Crippen molar-refractivity contribution in [3.63, 3.8) is 0 Å². The van der Waals surface area contributed by atoms with E-state index in [9.17, 15) is 9.59 Å². The molecular weight excluding hydrogens is 306 g/mol. The SMILES string of the molecule is CCOC(=O)[C@H]1C(=O)N2c3ccccc3Oc3cc(C)ccc3[C@H]12.